The second-order valence-corrected chi connectivity index (χ2v) is 7.45. The first-order chi connectivity index (χ1) is 12.2. The van der Waals surface area contributed by atoms with Crippen molar-refractivity contribution in [2.24, 2.45) is 0 Å². The molecule has 5 N–H and O–H groups in total. The third kappa shape index (κ3) is 3.71. The van der Waals surface area contributed by atoms with Gasteiger partial charge in [-0.1, -0.05) is 0 Å². The van der Waals surface area contributed by atoms with Gasteiger partial charge >= 0.3 is 7.82 Å². The smallest absolute Gasteiger partial charge is 0.387 e. The van der Waals surface area contributed by atoms with E-state index in [9.17, 15) is 19.7 Å². The number of aliphatic hydroxyl groups excluding tert-OH is 2. The Balaban J connectivity index is 1.75. The molecule has 26 heavy (non-hydrogen) atoms. The van der Waals surface area contributed by atoms with Crippen LogP contribution in [0.2, 0.25) is 0 Å². The molecular weight excluding hydrogens is 369 g/mol. The van der Waals surface area contributed by atoms with Gasteiger partial charge in [0.25, 0.3) is 0 Å². The van der Waals surface area contributed by atoms with Gasteiger partial charge in [0.15, 0.2) is 17.7 Å². The van der Waals surface area contributed by atoms with Crippen molar-refractivity contribution in [2.45, 2.75) is 44.5 Å². The minimum absolute atomic E-state index is 0.161. The van der Waals surface area contributed by atoms with Gasteiger partial charge in [0.2, 0.25) is 0 Å². The normalized spacial score (nSPS) is 28.7. The number of aliphatic hydroxyl groups is 2. The average molecular weight is 389 g/mol. The molecule has 0 saturated carbocycles. The van der Waals surface area contributed by atoms with Gasteiger partial charge in [0, 0.05) is 0 Å². The van der Waals surface area contributed by atoms with E-state index in [0.717, 1.165) is 0 Å². The van der Waals surface area contributed by atoms with E-state index in [1.54, 1.807) is 13.8 Å². The van der Waals surface area contributed by atoms with Crippen molar-refractivity contribution >= 4 is 24.8 Å². The topological polar surface area (TPSA) is 175 Å². The van der Waals surface area contributed by atoms with Crippen molar-refractivity contribution in [1.29, 1.82) is 0 Å². The summed E-state index contributed by atoms with van der Waals surface area (Å²) in [7, 11) is -4.30. The van der Waals surface area contributed by atoms with Crippen molar-refractivity contribution < 1.29 is 33.5 Å². The SMILES string of the molecule is CC(C)OP(=O)(O)OCC1OC(n2cnc3c(N)ncnc32)C(O)C1O. The number of phosphoric acid groups is 1. The van der Waals surface area contributed by atoms with E-state index in [4.69, 9.17) is 19.5 Å². The van der Waals surface area contributed by atoms with Crippen LogP contribution in [0, 0.1) is 0 Å². The average Bonchev–Trinajstić information content (AvgIpc) is 3.08. The monoisotopic (exact) mass is 389 g/mol. The van der Waals surface area contributed by atoms with Gasteiger partial charge in [-0.2, -0.15) is 0 Å². The van der Waals surface area contributed by atoms with Crippen molar-refractivity contribution in [2.75, 3.05) is 12.3 Å². The number of anilines is 1. The maximum Gasteiger partial charge on any atom is 0.472 e. The molecule has 3 rings (SSSR count). The Morgan fingerprint density at radius 1 is 1.35 bits per heavy atom. The summed E-state index contributed by atoms with van der Waals surface area (Å²) in [5.41, 5.74) is 6.35. The van der Waals surface area contributed by atoms with Gasteiger partial charge in [-0.25, -0.2) is 19.5 Å². The van der Waals surface area contributed by atoms with E-state index < -0.39 is 45.1 Å². The molecule has 0 bridgehead atoms. The standard InChI is InChI=1S/C13H20N5O7P/c1-6(2)25-26(21,22)23-3-7-9(19)10(20)13(24-7)18-5-17-8-11(14)15-4-16-12(8)18/h4-7,9-10,13,19-20H,3H2,1-2H3,(H,21,22)(H2,14,15,16). The molecule has 1 aliphatic heterocycles. The molecule has 13 heteroatoms. The molecule has 0 radical (unpaired) electrons. The minimum Gasteiger partial charge on any atom is -0.387 e. The first-order valence-electron chi connectivity index (χ1n) is 7.80. The second kappa shape index (κ2) is 7.16. The third-order valence-corrected chi connectivity index (χ3v) is 4.91. The van der Waals surface area contributed by atoms with Crippen molar-refractivity contribution in [3.8, 4) is 0 Å². The van der Waals surface area contributed by atoms with Gasteiger partial charge in [-0.15, -0.1) is 0 Å². The highest BCUT2D eigenvalue weighted by atomic mass is 31.2. The third-order valence-electron chi connectivity index (χ3n) is 3.74. The number of hydrogen-bond donors (Lipinski definition) is 4. The predicted octanol–water partition coefficient (Wildman–Crippen LogP) is -0.430. The molecule has 12 nitrogen and oxygen atoms in total. The van der Waals surface area contributed by atoms with Crippen LogP contribution in [0.1, 0.15) is 20.1 Å². The molecule has 0 spiro atoms. The van der Waals surface area contributed by atoms with Gasteiger partial charge in [-0.05, 0) is 13.8 Å². The lowest BCUT2D eigenvalue weighted by Gasteiger charge is -2.18. The Hall–Kier alpha value is -1.66. The highest BCUT2D eigenvalue weighted by Crippen LogP contribution is 2.45. The summed E-state index contributed by atoms with van der Waals surface area (Å²) in [4.78, 5) is 21.5. The van der Waals surface area contributed by atoms with Crippen LogP contribution in [0.3, 0.4) is 0 Å². The number of nitrogens with zero attached hydrogens (tertiary/aromatic N) is 4. The second-order valence-electron chi connectivity index (χ2n) is 6.05. The zero-order valence-electron chi connectivity index (χ0n) is 14.0. The molecule has 5 unspecified atom stereocenters. The molecular formula is C13H20N5O7P. The number of phosphoric ester groups is 1. The molecule has 3 heterocycles. The van der Waals surface area contributed by atoms with Crippen LogP contribution >= 0.6 is 7.82 Å². The van der Waals surface area contributed by atoms with Crippen molar-refractivity contribution in [3.63, 3.8) is 0 Å². The number of rotatable bonds is 6. The quantitative estimate of drug-likeness (QED) is 0.472. The number of imidazole rings is 1. The summed E-state index contributed by atoms with van der Waals surface area (Å²) in [6.45, 7) is 2.69. The van der Waals surface area contributed by atoms with E-state index in [1.165, 1.54) is 17.2 Å². The minimum atomic E-state index is -4.30. The van der Waals surface area contributed by atoms with E-state index >= 15 is 0 Å². The van der Waals surface area contributed by atoms with E-state index in [-0.39, 0.29) is 5.82 Å². The highest BCUT2D eigenvalue weighted by Gasteiger charge is 2.45. The molecule has 0 amide bonds. The van der Waals surface area contributed by atoms with Gasteiger partial charge in [-0.3, -0.25) is 13.6 Å². The van der Waals surface area contributed by atoms with Crippen LogP contribution in [0.15, 0.2) is 12.7 Å². The van der Waals surface area contributed by atoms with Gasteiger partial charge in [0.05, 0.1) is 19.0 Å². The molecule has 2 aromatic heterocycles. The number of aromatic nitrogens is 4. The fraction of sp³-hybridized carbons (Fsp3) is 0.615. The van der Waals surface area contributed by atoms with Gasteiger partial charge in [0.1, 0.15) is 30.2 Å². The maximum atomic E-state index is 11.8. The lowest BCUT2D eigenvalue weighted by atomic mass is 10.1. The summed E-state index contributed by atoms with van der Waals surface area (Å²) in [6, 6.07) is 0. The zero-order valence-corrected chi connectivity index (χ0v) is 14.9. The number of hydrogen-bond acceptors (Lipinski definition) is 10. The molecule has 2 aromatic rings. The van der Waals surface area contributed by atoms with Crippen molar-refractivity contribution in [1.82, 2.24) is 19.5 Å². The summed E-state index contributed by atoms with van der Waals surface area (Å²) in [5, 5.41) is 20.5. The Morgan fingerprint density at radius 2 is 2.08 bits per heavy atom. The number of fused-ring (bicyclic) bond motifs is 1. The molecule has 0 aromatic carbocycles. The van der Waals surface area contributed by atoms with Crippen LogP contribution in [-0.4, -0.2) is 65.6 Å². The first kappa shape index (κ1) is 19.1. The Bertz CT molecular complexity index is 830. The van der Waals surface area contributed by atoms with Crippen LogP contribution < -0.4 is 5.73 Å². The maximum absolute atomic E-state index is 11.8. The van der Waals surface area contributed by atoms with Crippen LogP contribution in [0.5, 0.6) is 0 Å². The number of nitrogens with two attached hydrogens (primary N) is 1. The molecule has 1 fully saturated rings. The number of ether oxygens (including phenoxy) is 1. The highest BCUT2D eigenvalue weighted by molar-refractivity contribution is 7.47. The van der Waals surface area contributed by atoms with Crippen molar-refractivity contribution in [3.05, 3.63) is 12.7 Å². The molecule has 1 saturated heterocycles. The summed E-state index contributed by atoms with van der Waals surface area (Å²) in [5.74, 6) is 0.161. The Labute approximate surface area is 148 Å². The zero-order chi connectivity index (χ0) is 19.1. The largest absolute Gasteiger partial charge is 0.472 e. The molecule has 5 atom stereocenters. The molecule has 1 aliphatic rings. The van der Waals surface area contributed by atoms with Crippen LogP contribution in [-0.2, 0) is 18.3 Å². The lowest BCUT2D eigenvalue weighted by molar-refractivity contribution is -0.0521. The van der Waals surface area contributed by atoms with Crippen LogP contribution in [0.25, 0.3) is 11.2 Å². The lowest BCUT2D eigenvalue weighted by Crippen LogP contribution is -2.33. The molecule has 0 aliphatic carbocycles. The van der Waals surface area contributed by atoms with E-state index in [1.807, 2.05) is 0 Å². The number of nitrogen functional groups attached to an aromatic ring is 1. The summed E-state index contributed by atoms with van der Waals surface area (Å²) >= 11 is 0. The Morgan fingerprint density at radius 3 is 2.77 bits per heavy atom. The summed E-state index contributed by atoms with van der Waals surface area (Å²) in [6.07, 6.45) is -2.76. The summed E-state index contributed by atoms with van der Waals surface area (Å²) < 4.78 is 28.3. The fourth-order valence-corrected chi connectivity index (χ4v) is 3.55. The van der Waals surface area contributed by atoms with E-state index in [2.05, 4.69) is 15.0 Å². The predicted molar refractivity (Wildman–Crippen MR) is 87.7 cm³/mol. The van der Waals surface area contributed by atoms with Gasteiger partial charge < -0.3 is 25.6 Å². The molecule has 144 valence electrons. The Kier molecular flexibility index (Phi) is 5.26. The van der Waals surface area contributed by atoms with Crippen LogP contribution in [0.4, 0.5) is 5.82 Å². The van der Waals surface area contributed by atoms with E-state index in [0.29, 0.717) is 11.2 Å². The first-order valence-corrected chi connectivity index (χ1v) is 9.29. The fourth-order valence-electron chi connectivity index (χ4n) is 2.62.